The summed E-state index contributed by atoms with van der Waals surface area (Å²) in [7, 11) is 0. The second-order valence-corrected chi connectivity index (χ2v) is 5.51. The maximum absolute atomic E-state index is 11.1. The predicted molar refractivity (Wildman–Crippen MR) is 65.0 cm³/mol. The van der Waals surface area contributed by atoms with Crippen molar-refractivity contribution < 1.29 is 14.6 Å². The average molecular weight is 255 g/mol. The summed E-state index contributed by atoms with van der Waals surface area (Å²) in [6, 6.07) is -0.0566. The molecule has 3 rings (SSSR count). The molecule has 102 valence electrons. The summed E-state index contributed by atoms with van der Waals surface area (Å²) in [5, 5.41) is 15.9. The maximum atomic E-state index is 11.1. The highest BCUT2D eigenvalue weighted by Crippen LogP contribution is 2.26. The van der Waals surface area contributed by atoms with Gasteiger partial charge >= 0.3 is 5.97 Å². The van der Waals surface area contributed by atoms with Gasteiger partial charge in [0.05, 0.1) is 18.4 Å². The third-order valence-electron chi connectivity index (χ3n) is 4.34. The van der Waals surface area contributed by atoms with Crippen molar-refractivity contribution in [1.82, 2.24) is 15.5 Å². The van der Waals surface area contributed by atoms with Crippen LogP contribution in [-0.4, -0.2) is 59.6 Å². The number of nitrogens with one attached hydrogen (secondary N) is 2. The molecule has 0 aromatic carbocycles. The van der Waals surface area contributed by atoms with Gasteiger partial charge in [0.15, 0.2) is 0 Å². The van der Waals surface area contributed by atoms with Gasteiger partial charge in [-0.25, -0.2) is 0 Å². The highest BCUT2D eigenvalue weighted by molar-refractivity contribution is 5.73. The van der Waals surface area contributed by atoms with E-state index in [1.54, 1.807) is 0 Å². The Balaban J connectivity index is 1.66. The second kappa shape index (κ2) is 4.77. The average Bonchev–Trinajstić information content (AvgIpc) is 2.58. The zero-order chi connectivity index (χ0) is 12.7. The lowest BCUT2D eigenvalue weighted by Crippen LogP contribution is -2.59. The third-order valence-corrected chi connectivity index (χ3v) is 4.34. The molecule has 3 aliphatic rings. The van der Waals surface area contributed by atoms with Crippen LogP contribution < -0.4 is 10.6 Å². The molecule has 0 aromatic rings. The molecule has 0 aromatic heterocycles. The summed E-state index contributed by atoms with van der Waals surface area (Å²) < 4.78 is 5.48. The van der Waals surface area contributed by atoms with Crippen LogP contribution in [0.15, 0.2) is 0 Å². The number of fused-ring (bicyclic) bond motifs is 1. The van der Waals surface area contributed by atoms with Gasteiger partial charge in [-0.3, -0.25) is 20.3 Å². The first-order valence-corrected chi connectivity index (χ1v) is 6.77. The summed E-state index contributed by atoms with van der Waals surface area (Å²) in [6.45, 7) is 3.88. The molecule has 6 nitrogen and oxygen atoms in total. The minimum Gasteiger partial charge on any atom is -0.480 e. The van der Waals surface area contributed by atoms with Crippen LogP contribution in [0, 0.1) is 0 Å². The quantitative estimate of drug-likeness (QED) is 0.635. The van der Waals surface area contributed by atoms with E-state index in [0.717, 1.165) is 26.0 Å². The van der Waals surface area contributed by atoms with E-state index in [9.17, 15) is 4.79 Å². The highest BCUT2D eigenvalue weighted by Gasteiger charge is 2.44. The van der Waals surface area contributed by atoms with Crippen molar-refractivity contribution in [2.45, 2.75) is 56.7 Å². The molecule has 3 saturated heterocycles. The summed E-state index contributed by atoms with van der Waals surface area (Å²) in [6.07, 6.45) is 3.46. The van der Waals surface area contributed by atoms with E-state index in [4.69, 9.17) is 9.84 Å². The number of hydrogen-bond acceptors (Lipinski definition) is 5. The number of carbonyl (C=O) groups is 1. The number of nitrogens with zero attached hydrogens (tertiary/aromatic N) is 1. The first kappa shape index (κ1) is 12.3. The molecule has 3 fully saturated rings. The van der Waals surface area contributed by atoms with Crippen LogP contribution in [0.4, 0.5) is 0 Å². The molecule has 0 bridgehead atoms. The Hall–Kier alpha value is -0.690. The van der Waals surface area contributed by atoms with Crippen molar-refractivity contribution >= 4 is 5.97 Å². The number of piperidine rings is 1. The number of rotatable bonds is 3. The molecule has 5 atom stereocenters. The SMILES string of the molecule is CC1NC2CCC(C(=O)O)NC2N1C[C@@H]1CCO1. The number of ether oxygens (including phenoxy) is 1. The van der Waals surface area contributed by atoms with Crippen LogP contribution in [-0.2, 0) is 9.53 Å². The minimum absolute atomic E-state index is 0.124. The topological polar surface area (TPSA) is 73.8 Å². The zero-order valence-electron chi connectivity index (χ0n) is 10.6. The largest absolute Gasteiger partial charge is 0.480 e. The van der Waals surface area contributed by atoms with Gasteiger partial charge in [-0.05, 0) is 26.2 Å². The third kappa shape index (κ3) is 2.14. The lowest BCUT2D eigenvalue weighted by Gasteiger charge is -2.39. The zero-order valence-corrected chi connectivity index (χ0v) is 10.6. The lowest BCUT2D eigenvalue weighted by molar-refractivity contribution is -0.141. The Labute approximate surface area is 107 Å². The first-order valence-electron chi connectivity index (χ1n) is 6.77. The smallest absolute Gasteiger partial charge is 0.320 e. The number of carboxylic acid groups (broad SMARTS) is 1. The number of aliphatic carboxylic acids is 1. The Morgan fingerprint density at radius 2 is 2.17 bits per heavy atom. The van der Waals surface area contributed by atoms with Crippen molar-refractivity contribution in [2.24, 2.45) is 0 Å². The Morgan fingerprint density at radius 1 is 1.39 bits per heavy atom. The maximum Gasteiger partial charge on any atom is 0.320 e. The van der Waals surface area contributed by atoms with Gasteiger partial charge < -0.3 is 9.84 Å². The van der Waals surface area contributed by atoms with Crippen LogP contribution in [0.5, 0.6) is 0 Å². The van der Waals surface area contributed by atoms with E-state index in [2.05, 4.69) is 22.5 Å². The van der Waals surface area contributed by atoms with Gasteiger partial charge in [0, 0.05) is 19.2 Å². The van der Waals surface area contributed by atoms with Crippen LogP contribution in [0.3, 0.4) is 0 Å². The molecular formula is C12H21N3O3. The van der Waals surface area contributed by atoms with Crippen LogP contribution in [0.1, 0.15) is 26.2 Å². The number of hydrogen-bond donors (Lipinski definition) is 3. The van der Waals surface area contributed by atoms with E-state index in [0.29, 0.717) is 18.6 Å². The molecule has 0 saturated carbocycles. The summed E-state index contributed by atoms with van der Waals surface area (Å²) in [4.78, 5) is 13.4. The molecular weight excluding hydrogens is 234 g/mol. The summed E-state index contributed by atoms with van der Waals surface area (Å²) in [5.74, 6) is -0.743. The van der Waals surface area contributed by atoms with Crippen LogP contribution in [0.25, 0.3) is 0 Å². The second-order valence-electron chi connectivity index (χ2n) is 5.51. The Morgan fingerprint density at radius 3 is 2.78 bits per heavy atom. The molecule has 0 spiro atoms. The van der Waals surface area contributed by atoms with Gasteiger partial charge in [-0.15, -0.1) is 0 Å². The van der Waals surface area contributed by atoms with Crippen molar-refractivity contribution in [3.05, 3.63) is 0 Å². The molecule has 4 unspecified atom stereocenters. The van der Waals surface area contributed by atoms with Crippen LogP contribution >= 0.6 is 0 Å². The van der Waals surface area contributed by atoms with Gasteiger partial charge in [0.1, 0.15) is 6.04 Å². The van der Waals surface area contributed by atoms with Gasteiger partial charge in [-0.1, -0.05) is 0 Å². The van der Waals surface area contributed by atoms with E-state index >= 15 is 0 Å². The fourth-order valence-electron chi connectivity index (χ4n) is 3.19. The lowest BCUT2D eigenvalue weighted by atomic mass is 9.98. The fourth-order valence-corrected chi connectivity index (χ4v) is 3.19. The van der Waals surface area contributed by atoms with Crippen molar-refractivity contribution in [3.63, 3.8) is 0 Å². The Bertz CT molecular complexity index is 335. The molecule has 0 radical (unpaired) electrons. The molecule has 6 heteroatoms. The monoisotopic (exact) mass is 255 g/mol. The molecule has 3 aliphatic heterocycles. The minimum atomic E-state index is -0.743. The normalized spacial score (nSPS) is 44.4. The van der Waals surface area contributed by atoms with Gasteiger partial charge in [-0.2, -0.15) is 0 Å². The molecule has 18 heavy (non-hydrogen) atoms. The van der Waals surface area contributed by atoms with E-state index in [-0.39, 0.29) is 12.3 Å². The van der Waals surface area contributed by atoms with Gasteiger partial charge in [0.2, 0.25) is 0 Å². The summed E-state index contributed by atoms with van der Waals surface area (Å²) >= 11 is 0. The highest BCUT2D eigenvalue weighted by atomic mass is 16.5. The molecule has 0 aliphatic carbocycles. The number of carboxylic acids is 1. The molecule has 3 heterocycles. The van der Waals surface area contributed by atoms with Crippen molar-refractivity contribution in [1.29, 1.82) is 0 Å². The van der Waals surface area contributed by atoms with Gasteiger partial charge in [0.25, 0.3) is 0 Å². The molecule has 3 N–H and O–H groups in total. The van der Waals surface area contributed by atoms with Crippen LogP contribution in [0.2, 0.25) is 0 Å². The fraction of sp³-hybridized carbons (Fsp3) is 0.917. The van der Waals surface area contributed by atoms with E-state index < -0.39 is 12.0 Å². The standard InChI is InChI=1S/C12H21N3O3/c1-7-13-9-2-3-10(12(16)17)14-11(9)15(7)6-8-4-5-18-8/h7-11,13-14H,2-6H2,1H3,(H,16,17)/t7?,8-,9?,10?,11?/m0/s1. The van der Waals surface area contributed by atoms with E-state index in [1.807, 2.05) is 0 Å². The van der Waals surface area contributed by atoms with Crippen molar-refractivity contribution in [2.75, 3.05) is 13.2 Å². The van der Waals surface area contributed by atoms with Crippen molar-refractivity contribution in [3.8, 4) is 0 Å². The van der Waals surface area contributed by atoms with E-state index in [1.165, 1.54) is 0 Å². The molecule has 0 amide bonds. The first-order chi connectivity index (χ1) is 8.65. The predicted octanol–water partition coefficient (Wildman–Crippen LogP) is -0.442. The summed E-state index contributed by atoms with van der Waals surface area (Å²) in [5.41, 5.74) is 0. The Kier molecular flexibility index (Phi) is 3.27.